The number of anilines is 3. The van der Waals surface area contributed by atoms with Gasteiger partial charge in [0.15, 0.2) is 5.82 Å². The first-order valence-electron chi connectivity index (χ1n) is 13.0. The summed E-state index contributed by atoms with van der Waals surface area (Å²) in [4.78, 5) is 39.0. The van der Waals surface area contributed by atoms with Crippen molar-refractivity contribution in [1.82, 2.24) is 9.78 Å². The number of Topliss-reactive ketones (excluding diaryl/α,β-unsaturated/α-hetero) is 1. The molecule has 3 aromatic rings. The molecule has 11 nitrogen and oxygen atoms in total. The Balaban J connectivity index is 1.49. The molecule has 0 saturated heterocycles. The number of benzene rings is 2. The molecule has 2 heterocycles. The van der Waals surface area contributed by atoms with E-state index in [1.54, 1.807) is 61.1 Å². The van der Waals surface area contributed by atoms with Crippen LogP contribution in [-0.4, -0.2) is 49.7 Å². The topological polar surface area (TPSA) is 137 Å². The zero-order chi connectivity index (χ0) is 28.6. The van der Waals surface area contributed by atoms with Crippen molar-refractivity contribution in [2.75, 3.05) is 23.9 Å². The third kappa shape index (κ3) is 5.31. The van der Waals surface area contributed by atoms with Crippen LogP contribution in [0.25, 0.3) is 0 Å². The van der Waals surface area contributed by atoms with E-state index in [0.717, 1.165) is 6.42 Å². The average Bonchev–Trinajstić information content (AvgIpc) is 3.52. The number of carbonyl (C=O) groups is 3. The fourth-order valence-electron chi connectivity index (χ4n) is 5.30. The second kappa shape index (κ2) is 10.8. The molecule has 1 aliphatic carbocycles. The molecule has 2 aliphatic rings. The smallest absolute Gasteiger partial charge is 0.434 e. The predicted molar refractivity (Wildman–Crippen MR) is 146 cm³/mol. The number of carbonyl (C=O) groups excluding carboxylic acids is 3. The summed E-state index contributed by atoms with van der Waals surface area (Å²) in [5, 5.41) is 7.10. The molecule has 2 aromatic carbocycles. The lowest BCUT2D eigenvalue weighted by molar-refractivity contribution is -0.119. The number of ketones is 1. The molecule has 40 heavy (non-hydrogen) atoms. The first-order chi connectivity index (χ1) is 19.1. The Morgan fingerprint density at radius 3 is 2.58 bits per heavy atom. The van der Waals surface area contributed by atoms with Crippen molar-refractivity contribution in [2.45, 2.75) is 48.3 Å². The first kappa shape index (κ1) is 27.4. The molecule has 2 unspecified atom stereocenters. The number of hydrogen-bond donors (Lipinski definition) is 1. The highest BCUT2D eigenvalue weighted by molar-refractivity contribution is 7.92. The summed E-state index contributed by atoms with van der Waals surface area (Å²) in [7, 11) is -0.487. The highest BCUT2D eigenvalue weighted by Crippen LogP contribution is 2.46. The van der Waals surface area contributed by atoms with Crippen molar-refractivity contribution in [3.05, 3.63) is 54.2 Å². The van der Waals surface area contributed by atoms with Crippen molar-refractivity contribution in [2.24, 2.45) is 13.0 Å². The second-order valence-electron chi connectivity index (χ2n) is 10.0. The van der Waals surface area contributed by atoms with Crippen LogP contribution in [0, 0.1) is 5.92 Å². The van der Waals surface area contributed by atoms with E-state index in [2.05, 4.69) is 10.4 Å². The number of fused-ring (bicyclic) bond motifs is 2. The molecule has 0 bridgehead atoms. The lowest BCUT2D eigenvalue weighted by Gasteiger charge is -2.31. The molecular formula is C28H30N4O7S. The van der Waals surface area contributed by atoms with Crippen LogP contribution >= 0.6 is 0 Å². The highest BCUT2D eigenvalue weighted by atomic mass is 32.2. The monoisotopic (exact) mass is 566 g/mol. The number of nitrogens with zero attached hydrogens (tertiary/aromatic N) is 3. The van der Waals surface area contributed by atoms with Crippen LogP contribution in [0.5, 0.6) is 5.75 Å². The molecule has 1 aromatic heterocycles. The molecule has 12 heteroatoms. The van der Waals surface area contributed by atoms with Gasteiger partial charge in [0.25, 0.3) is 0 Å². The van der Waals surface area contributed by atoms with Crippen molar-refractivity contribution >= 4 is 44.9 Å². The molecular weight excluding hydrogens is 536 g/mol. The molecule has 5 rings (SSSR count). The zero-order valence-corrected chi connectivity index (χ0v) is 23.2. The number of amides is 1. The van der Waals surface area contributed by atoms with Gasteiger partial charge in [0.2, 0.25) is 15.7 Å². The second-order valence-corrected chi connectivity index (χ2v) is 11.9. The van der Waals surface area contributed by atoms with Crippen LogP contribution in [0.1, 0.15) is 44.1 Å². The Bertz CT molecular complexity index is 1600. The molecule has 1 fully saturated rings. The minimum absolute atomic E-state index is 0.00837. The van der Waals surface area contributed by atoms with Gasteiger partial charge in [0, 0.05) is 45.3 Å². The quantitative estimate of drug-likeness (QED) is 0.327. The minimum Gasteiger partial charge on any atom is -0.434 e. The van der Waals surface area contributed by atoms with Crippen molar-refractivity contribution < 1.29 is 32.3 Å². The van der Waals surface area contributed by atoms with Gasteiger partial charge in [-0.1, -0.05) is 6.07 Å². The SMILES string of the molecule is CCOC(=O)Oc1ccc2c(c1)S(=O)(=O)c1ccc(C(CC3CCC(=O)C3)C(=O)Nc3ccn(C)n3)cc1N2C. The molecule has 1 aliphatic heterocycles. The van der Waals surface area contributed by atoms with Gasteiger partial charge in [-0.25, -0.2) is 13.2 Å². The summed E-state index contributed by atoms with van der Waals surface area (Å²) in [6, 6.07) is 10.9. The van der Waals surface area contributed by atoms with E-state index in [1.165, 1.54) is 18.2 Å². The van der Waals surface area contributed by atoms with Gasteiger partial charge in [0.05, 0.1) is 33.7 Å². The number of sulfone groups is 1. The summed E-state index contributed by atoms with van der Waals surface area (Å²) >= 11 is 0. The van der Waals surface area contributed by atoms with Gasteiger partial charge in [-0.3, -0.25) is 14.3 Å². The Hall–Kier alpha value is -4.19. The molecule has 1 amide bonds. The molecule has 2 atom stereocenters. The Morgan fingerprint density at radius 1 is 1.10 bits per heavy atom. The van der Waals surface area contributed by atoms with E-state index in [4.69, 9.17) is 9.47 Å². The van der Waals surface area contributed by atoms with E-state index in [-0.39, 0.29) is 39.8 Å². The number of nitrogens with one attached hydrogen (secondary N) is 1. The predicted octanol–water partition coefficient (Wildman–Crippen LogP) is 4.35. The molecule has 0 radical (unpaired) electrons. The third-order valence-electron chi connectivity index (χ3n) is 7.28. The van der Waals surface area contributed by atoms with Gasteiger partial charge < -0.3 is 19.7 Å². The van der Waals surface area contributed by atoms with Crippen molar-refractivity contribution in [3.8, 4) is 5.75 Å². The van der Waals surface area contributed by atoms with Gasteiger partial charge in [0.1, 0.15) is 11.5 Å². The average molecular weight is 567 g/mol. The van der Waals surface area contributed by atoms with E-state index < -0.39 is 21.9 Å². The van der Waals surface area contributed by atoms with Gasteiger partial charge in [-0.05, 0) is 55.5 Å². The molecule has 0 spiro atoms. The minimum atomic E-state index is -3.97. The normalized spacial score (nSPS) is 18.0. The highest BCUT2D eigenvalue weighted by Gasteiger charge is 2.36. The van der Waals surface area contributed by atoms with E-state index in [9.17, 15) is 22.8 Å². The van der Waals surface area contributed by atoms with E-state index in [0.29, 0.717) is 42.0 Å². The number of aromatic nitrogens is 2. The maximum atomic E-state index is 13.7. The summed E-state index contributed by atoms with van der Waals surface area (Å²) in [5.41, 5.74) is 1.46. The summed E-state index contributed by atoms with van der Waals surface area (Å²) in [6.07, 6.45) is 2.89. The van der Waals surface area contributed by atoms with Gasteiger partial charge in [-0.15, -0.1) is 0 Å². The number of rotatable bonds is 7. The fourth-order valence-corrected chi connectivity index (χ4v) is 7.00. The summed E-state index contributed by atoms with van der Waals surface area (Å²) < 4.78 is 38.8. The zero-order valence-electron chi connectivity index (χ0n) is 22.4. The van der Waals surface area contributed by atoms with E-state index >= 15 is 0 Å². The fraction of sp³-hybridized carbons (Fsp3) is 0.357. The lowest BCUT2D eigenvalue weighted by atomic mass is 9.87. The number of aryl methyl sites for hydroxylation is 1. The van der Waals surface area contributed by atoms with Crippen LogP contribution in [-0.2, 0) is 31.2 Å². The summed E-state index contributed by atoms with van der Waals surface area (Å²) in [6.45, 7) is 1.76. The van der Waals surface area contributed by atoms with Crippen molar-refractivity contribution in [3.63, 3.8) is 0 Å². The van der Waals surface area contributed by atoms with Crippen LogP contribution in [0.3, 0.4) is 0 Å². The summed E-state index contributed by atoms with van der Waals surface area (Å²) in [5.74, 6) is -0.198. The maximum Gasteiger partial charge on any atom is 0.513 e. The maximum absolute atomic E-state index is 13.7. The Labute approximate surface area is 232 Å². The third-order valence-corrected chi connectivity index (χ3v) is 9.11. The standard InChI is InChI=1S/C28H30N4O7S/c1-4-38-28(35)39-20-8-9-22-25(16-20)40(36,37)24-10-6-18(15-23(24)32(22)3)21(14-17-5-7-19(33)13-17)27(34)29-26-11-12-31(2)30-26/h6,8-12,15-17,21H,4-5,7,13-14H2,1-3H3,(H,29,30,34). The Morgan fingerprint density at radius 2 is 1.90 bits per heavy atom. The molecule has 1 saturated carbocycles. The van der Waals surface area contributed by atoms with Crippen LogP contribution in [0.15, 0.2) is 58.5 Å². The van der Waals surface area contributed by atoms with E-state index in [1.807, 2.05) is 0 Å². The molecule has 210 valence electrons. The van der Waals surface area contributed by atoms with Crippen LogP contribution in [0.4, 0.5) is 22.0 Å². The molecule has 1 N–H and O–H groups in total. The van der Waals surface area contributed by atoms with Crippen LogP contribution in [0.2, 0.25) is 0 Å². The lowest BCUT2D eigenvalue weighted by Crippen LogP contribution is -2.26. The van der Waals surface area contributed by atoms with Gasteiger partial charge in [-0.2, -0.15) is 5.10 Å². The number of ether oxygens (including phenoxy) is 2. The van der Waals surface area contributed by atoms with Crippen molar-refractivity contribution in [1.29, 1.82) is 0 Å². The van der Waals surface area contributed by atoms with Gasteiger partial charge >= 0.3 is 6.16 Å². The van der Waals surface area contributed by atoms with Crippen LogP contribution < -0.4 is 15.0 Å². The number of hydrogen-bond acceptors (Lipinski definition) is 9. The first-order valence-corrected chi connectivity index (χ1v) is 14.5. The largest absolute Gasteiger partial charge is 0.513 e. The Kier molecular flexibility index (Phi) is 7.37.